The Morgan fingerprint density at radius 2 is 2.13 bits per heavy atom. The van der Waals surface area contributed by atoms with Crippen molar-refractivity contribution in [2.45, 2.75) is 31.6 Å². The molecule has 0 aromatic carbocycles. The summed E-state index contributed by atoms with van der Waals surface area (Å²) in [5.74, 6) is 0.159. The zero-order valence-electron chi connectivity index (χ0n) is 9.12. The van der Waals surface area contributed by atoms with Gasteiger partial charge in [0.25, 0.3) is 0 Å². The van der Waals surface area contributed by atoms with Crippen molar-refractivity contribution in [3.8, 4) is 0 Å². The molecule has 0 radical (unpaired) electrons. The maximum Gasteiger partial charge on any atom is 0.323 e. The minimum atomic E-state index is -0.675. The Bertz CT molecular complexity index is 252. The lowest BCUT2D eigenvalue weighted by molar-refractivity contribution is -0.119. The molecule has 1 fully saturated rings. The second-order valence-corrected chi connectivity index (χ2v) is 4.74. The average molecular weight is 233 g/mol. The van der Waals surface area contributed by atoms with Gasteiger partial charge in [0.15, 0.2) is 0 Å². The lowest BCUT2D eigenvalue weighted by Gasteiger charge is -2.30. The van der Waals surface area contributed by atoms with E-state index in [0.717, 1.165) is 6.54 Å². The Balaban J connectivity index is 2.28. The molecule has 86 valence electrons. The average Bonchev–Trinajstić information content (AvgIpc) is 2.10. The van der Waals surface area contributed by atoms with Crippen molar-refractivity contribution in [2.24, 2.45) is 5.92 Å². The van der Waals surface area contributed by atoms with E-state index in [-0.39, 0.29) is 6.03 Å². The van der Waals surface area contributed by atoms with Crippen LogP contribution < -0.4 is 5.32 Å². The number of halogens is 1. The summed E-state index contributed by atoms with van der Waals surface area (Å²) >= 11 is 5.54. The zero-order valence-corrected chi connectivity index (χ0v) is 9.88. The highest BCUT2D eigenvalue weighted by Gasteiger charge is 2.22. The fourth-order valence-corrected chi connectivity index (χ4v) is 1.50. The van der Waals surface area contributed by atoms with Gasteiger partial charge in [-0.25, -0.2) is 4.79 Å². The predicted octanol–water partition coefficient (Wildman–Crippen LogP) is 1.58. The molecule has 0 heterocycles. The molecule has 0 aliphatic heterocycles. The van der Waals surface area contributed by atoms with Crippen molar-refractivity contribution in [1.82, 2.24) is 10.2 Å². The second kappa shape index (κ2) is 5.35. The van der Waals surface area contributed by atoms with E-state index in [1.165, 1.54) is 26.2 Å². The Morgan fingerprint density at radius 3 is 2.53 bits per heavy atom. The van der Waals surface area contributed by atoms with Gasteiger partial charge in [-0.15, -0.1) is 11.6 Å². The van der Waals surface area contributed by atoms with Gasteiger partial charge < -0.3 is 4.90 Å². The number of hydrogen-bond donors (Lipinski definition) is 1. The zero-order chi connectivity index (χ0) is 11.4. The van der Waals surface area contributed by atoms with Gasteiger partial charge in [-0.3, -0.25) is 10.1 Å². The van der Waals surface area contributed by atoms with Gasteiger partial charge in [0.05, 0.1) is 0 Å². The number of rotatable bonds is 3. The highest BCUT2D eigenvalue weighted by Crippen LogP contribution is 2.26. The first-order chi connectivity index (χ1) is 7.00. The van der Waals surface area contributed by atoms with E-state index in [2.05, 4.69) is 5.32 Å². The Labute approximate surface area is 95.0 Å². The van der Waals surface area contributed by atoms with Gasteiger partial charge in [0.1, 0.15) is 5.38 Å². The standard InChI is InChI=1S/C10H17ClN2O2/c1-7(11)9(14)12-10(15)13(2)6-8-4-3-5-8/h7-8H,3-6H2,1-2H3,(H,12,14,15). The fraction of sp³-hybridized carbons (Fsp3) is 0.800. The van der Waals surface area contributed by atoms with Crippen LogP contribution in [0.2, 0.25) is 0 Å². The van der Waals surface area contributed by atoms with E-state index in [1.54, 1.807) is 11.9 Å². The highest BCUT2D eigenvalue weighted by atomic mass is 35.5. The van der Waals surface area contributed by atoms with Gasteiger partial charge in [0, 0.05) is 13.6 Å². The summed E-state index contributed by atoms with van der Waals surface area (Å²) in [4.78, 5) is 24.1. The predicted molar refractivity (Wildman–Crippen MR) is 58.8 cm³/mol. The maximum atomic E-state index is 11.5. The first-order valence-corrected chi connectivity index (χ1v) is 5.64. The molecule has 15 heavy (non-hydrogen) atoms. The second-order valence-electron chi connectivity index (χ2n) is 4.09. The number of alkyl halides is 1. The highest BCUT2D eigenvalue weighted by molar-refractivity contribution is 6.31. The van der Waals surface area contributed by atoms with Crippen molar-refractivity contribution in [1.29, 1.82) is 0 Å². The quantitative estimate of drug-likeness (QED) is 0.752. The molecule has 3 amide bonds. The third kappa shape index (κ3) is 3.70. The number of nitrogens with one attached hydrogen (secondary N) is 1. The Morgan fingerprint density at radius 1 is 1.53 bits per heavy atom. The van der Waals surface area contributed by atoms with Crippen molar-refractivity contribution in [2.75, 3.05) is 13.6 Å². The molecule has 5 heteroatoms. The summed E-state index contributed by atoms with van der Waals surface area (Å²) in [6.45, 7) is 2.26. The molecule has 1 saturated carbocycles. The van der Waals surface area contributed by atoms with Crippen LogP contribution in [0.1, 0.15) is 26.2 Å². The van der Waals surface area contributed by atoms with Gasteiger partial charge in [-0.2, -0.15) is 0 Å². The number of carbonyl (C=O) groups is 2. The van der Waals surface area contributed by atoms with E-state index in [0.29, 0.717) is 5.92 Å². The number of carbonyl (C=O) groups excluding carboxylic acids is 2. The van der Waals surface area contributed by atoms with E-state index < -0.39 is 11.3 Å². The molecule has 4 nitrogen and oxygen atoms in total. The first-order valence-electron chi connectivity index (χ1n) is 5.20. The third-order valence-electron chi connectivity index (χ3n) is 2.69. The van der Waals surface area contributed by atoms with E-state index in [4.69, 9.17) is 11.6 Å². The summed E-state index contributed by atoms with van der Waals surface area (Å²) < 4.78 is 0. The molecule has 0 spiro atoms. The molecular formula is C10H17ClN2O2. The van der Waals surface area contributed by atoms with E-state index in [9.17, 15) is 9.59 Å². The van der Waals surface area contributed by atoms with E-state index in [1.807, 2.05) is 0 Å². The third-order valence-corrected chi connectivity index (χ3v) is 2.89. The molecule has 1 N–H and O–H groups in total. The molecule has 1 aliphatic rings. The maximum absolute atomic E-state index is 11.5. The summed E-state index contributed by atoms with van der Waals surface area (Å²) in [7, 11) is 1.69. The summed E-state index contributed by atoms with van der Waals surface area (Å²) in [5.41, 5.74) is 0. The van der Waals surface area contributed by atoms with Crippen molar-refractivity contribution >= 4 is 23.5 Å². The van der Waals surface area contributed by atoms with Crippen LogP contribution in [0.25, 0.3) is 0 Å². The van der Waals surface area contributed by atoms with Gasteiger partial charge >= 0.3 is 6.03 Å². The van der Waals surface area contributed by atoms with Crippen LogP contribution in [-0.2, 0) is 4.79 Å². The minimum Gasteiger partial charge on any atom is -0.327 e. The lowest BCUT2D eigenvalue weighted by atomic mass is 9.85. The molecule has 1 aliphatic carbocycles. The molecule has 0 saturated heterocycles. The summed E-state index contributed by atoms with van der Waals surface area (Å²) in [5, 5.41) is 1.57. The van der Waals surface area contributed by atoms with Crippen LogP contribution in [0.4, 0.5) is 4.79 Å². The number of urea groups is 1. The number of amides is 3. The normalized spacial score (nSPS) is 17.8. The van der Waals surface area contributed by atoms with Crippen molar-refractivity contribution in [3.05, 3.63) is 0 Å². The van der Waals surface area contributed by atoms with Crippen LogP contribution in [0, 0.1) is 5.92 Å². The van der Waals surface area contributed by atoms with Crippen LogP contribution in [-0.4, -0.2) is 35.8 Å². The minimum absolute atomic E-state index is 0.362. The smallest absolute Gasteiger partial charge is 0.323 e. The molecule has 0 bridgehead atoms. The lowest BCUT2D eigenvalue weighted by Crippen LogP contribution is -2.45. The first kappa shape index (κ1) is 12.3. The Hall–Kier alpha value is -0.770. The Kier molecular flexibility index (Phi) is 4.39. The molecule has 1 rings (SSSR count). The molecule has 0 aromatic rings. The summed E-state index contributed by atoms with van der Waals surface area (Å²) in [6.07, 6.45) is 3.60. The topological polar surface area (TPSA) is 49.4 Å². The number of imide groups is 1. The molecule has 1 atom stereocenters. The van der Waals surface area contributed by atoms with Crippen molar-refractivity contribution < 1.29 is 9.59 Å². The van der Waals surface area contributed by atoms with Gasteiger partial charge in [-0.1, -0.05) is 6.42 Å². The largest absolute Gasteiger partial charge is 0.327 e. The molecule has 1 unspecified atom stereocenters. The van der Waals surface area contributed by atoms with Gasteiger partial charge in [-0.05, 0) is 25.7 Å². The number of nitrogens with zero attached hydrogens (tertiary/aromatic N) is 1. The SMILES string of the molecule is CC(Cl)C(=O)NC(=O)N(C)CC1CCC1. The number of hydrogen-bond acceptors (Lipinski definition) is 2. The van der Waals surface area contributed by atoms with Crippen LogP contribution in [0.15, 0.2) is 0 Å². The van der Waals surface area contributed by atoms with Crippen LogP contribution in [0.5, 0.6) is 0 Å². The van der Waals surface area contributed by atoms with E-state index >= 15 is 0 Å². The van der Waals surface area contributed by atoms with Crippen LogP contribution >= 0.6 is 11.6 Å². The fourth-order valence-electron chi connectivity index (χ4n) is 1.45. The van der Waals surface area contributed by atoms with Crippen molar-refractivity contribution in [3.63, 3.8) is 0 Å². The van der Waals surface area contributed by atoms with Gasteiger partial charge in [0.2, 0.25) is 5.91 Å². The molecule has 0 aromatic heterocycles. The monoisotopic (exact) mass is 232 g/mol. The summed E-state index contributed by atoms with van der Waals surface area (Å²) in [6, 6.07) is -0.362. The van der Waals surface area contributed by atoms with Crippen LogP contribution in [0.3, 0.4) is 0 Å². The molecular weight excluding hydrogens is 216 g/mol.